The molecule has 1 aromatic rings. The second kappa shape index (κ2) is 7.06. The number of hydrogen-bond donors (Lipinski definition) is 1. The number of amides is 1. The summed E-state index contributed by atoms with van der Waals surface area (Å²) in [7, 11) is 2.16. The van der Waals surface area contributed by atoms with Crippen molar-refractivity contribution in [2.24, 2.45) is 0 Å². The Hall–Kier alpha value is -0.870. The van der Waals surface area contributed by atoms with E-state index >= 15 is 0 Å². The van der Waals surface area contributed by atoms with Gasteiger partial charge in [0, 0.05) is 22.6 Å². The topological polar surface area (TPSA) is 32.3 Å². The molecule has 1 heterocycles. The summed E-state index contributed by atoms with van der Waals surface area (Å²) in [6.45, 7) is 1.17. The lowest BCUT2D eigenvalue weighted by Crippen LogP contribution is -2.36. The second-order valence-electron chi connectivity index (χ2n) is 5.22. The summed E-state index contributed by atoms with van der Waals surface area (Å²) in [5.74, 6) is 0.112. The minimum absolute atomic E-state index is 0.112. The number of anilines is 1. The van der Waals surface area contributed by atoms with E-state index in [1.807, 2.05) is 24.3 Å². The highest BCUT2D eigenvalue weighted by atomic mass is 79.9. The van der Waals surface area contributed by atoms with Crippen LogP contribution in [-0.4, -0.2) is 30.4 Å². The largest absolute Gasteiger partial charge is 0.326 e. The van der Waals surface area contributed by atoms with Crippen molar-refractivity contribution in [3.63, 3.8) is 0 Å². The Bertz CT molecular complexity index is 419. The van der Waals surface area contributed by atoms with Crippen LogP contribution in [0, 0.1) is 0 Å². The van der Waals surface area contributed by atoms with E-state index in [2.05, 4.69) is 33.2 Å². The molecule has 1 N–H and O–H groups in total. The van der Waals surface area contributed by atoms with Gasteiger partial charge in [0.2, 0.25) is 5.91 Å². The standard InChI is InChI=1S/C15H21BrN2O/c1-18-11-3-2-4-14(18)9-10-15(19)17-13-7-5-12(16)6-8-13/h5-8,14H,2-4,9-11H2,1H3,(H,17,19). The maximum Gasteiger partial charge on any atom is 0.224 e. The summed E-state index contributed by atoms with van der Waals surface area (Å²) in [5.41, 5.74) is 0.866. The van der Waals surface area contributed by atoms with Crippen molar-refractivity contribution >= 4 is 27.5 Å². The van der Waals surface area contributed by atoms with Crippen LogP contribution in [0.3, 0.4) is 0 Å². The van der Waals surface area contributed by atoms with Crippen molar-refractivity contribution in [2.75, 3.05) is 18.9 Å². The first kappa shape index (κ1) is 14.5. The predicted molar refractivity (Wildman–Crippen MR) is 82.3 cm³/mol. The Kier molecular flexibility index (Phi) is 5.40. The molecule has 104 valence electrons. The molecule has 1 fully saturated rings. The molecule has 1 aliphatic heterocycles. The zero-order valence-electron chi connectivity index (χ0n) is 11.4. The molecule has 19 heavy (non-hydrogen) atoms. The number of carbonyl (C=O) groups is 1. The van der Waals surface area contributed by atoms with Crippen LogP contribution in [0.5, 0.6) is 0 Å². The van der Waals surface area contributed by atoms with Crippen LogP contribution in [0.4, 0.5) is 5.69 Å². The minimum Gasteiger partial charge on any atom is -0.326 e. The van der Waals surface area contributed by atoms with Crippen LogP contribution in [0.1, 0.15) is 32.1 Å². The fourth-order valence-electron chi connectivity index (χ4n) is 2.56. The highest BCUT2D eigenvalue weighted by Gasteiger charge is 2.19. The van der Waals surface area contributed by atoms with Crippen molar-refractivity contribution in [3.8, 4) is 0 Å². The number of nitrogens with one attached hydrogen (secondary N) is 1. The van der Waals surface area contributed by atoms with Gasteiger partial charge in [0.1, 0.15) is 0 Å². The third-order valence-electron chi connectivity index (χ3n) is 3.75. The molecule has 3 nitrogen and oxygen atoms in total. The third kappa shape index (κ3) is 4.62. The smallest absolute Gasteiger partial charge is 0.224 e. The Morgan fingerprint density at radius 2 is 2.11 bits per heavy atom. The van der Waals surface area contributed by atoms with Crippen molar-refractivity contribution in [2.45, 2.75) is 38.1 Å². The molecule has 0 aliphatic carbocycles. The van der Waals surface area contributed by atoms with Crippen LogP contribution < -0.4 is 5.32 Å². The lowest BCUT2D eigenvalue weighted by molar-refractivity contribution is -0.116. The summed E-state index contributed by atoms with van der Waals surface area (Å²) in [4.78, 5) is 14.3. The first-order chi connectivity index (χ1) is 9.15. The molecule has 0 saturated carbocycles. The summed E-state index contributed by atoms with van der Waals surface area (Å²) >= 11 is 3.38. The third-order valence-corrected chi connectivity index (χ3v) is 4.28. The highest BCUT2D eigenvalue weighted by Crippen LogP contribution is 2.19. The number of carbonyl (C=O) groups excluding carboxylic acids is 1. The van der Waals surface area contributed by atoms with E-state index in [-0.39, 0.29) is 5.91 Å². The van der Waals surface area contributed by atoms with E-state index in [0.29, 0.717) is 12.5 Å². The number of nitrogens with zero attached hydrogens (tertiary/aromatic N) is 1. The van der Waals surface area contributed by atoms with Gasteiger partial charge in [0.25, 0.3) is 0 Å². The molecule has 1 amide bonds. The number of likely N-dealkylation sites (tertiary alicyclic amines) is 1. The predicted octanol–water partition coefficient (Wildman–Crippen LogP) is 3.65. The van der Waals surface area contributed by atoms with E-state index < -0.39 is 0 Å². The quantitative estimate of drug-likeness (QED) is 0.916. The fourth-order valence-corrected chi connectivity index (χ4v) is 2.83. The van der Waals surface area contributed by atoms with Crippen molar-refractivity contribution < 1.29 is 4.79 Å². The second-order valence-corrected chi connectivity index (χ2v) is 6.14. The molecule has 0 radical (unpaired) electrons. The number of rotatable bonds is 4. The lowest BCUT2D eigenvalue weighted by Gasteiger charge is -2.32. The molecule has 0 spiro atoms. The van der Waals surface area contributed by atoms with Gasteiger partial charge in [0.15, 0.2) is 0 Å². The van der Waals surface area contributed by atoms with Gasteiger partial charge in [-0.3, -0.25) is 4.79 Å². The first-order valence-corrected chi connectivity index (χ1v) is 7.70. The molecule has 1 aliphatic rings. The van der Waals surface area contributed by atoms with E-state index in [9.17, 15) is 4.79 Å². The Morgan fingerprint density at radius 3 is 2.79 bits per heavy atom. The molecule has 4 heteroatoms. The molecule has 0 bridgehead atoms. The minimum atomic E-state index is 0.112. The van der Waals surface area contributed by atoms with Crippen molar-refractivity contribution in [1.82, 2.24) is 4.90 Å². The Morgan fingerprint density at radius 1 is 1.37 bits per heavy atom. The monoisotopic (exact) mass is 324 g/mol. The molecular weight excluding hydrogens is 304 g/mol. The van der Waals surface area contributed by atoms with Gasteiger partial charge < -0.3 is 10.2 Å². The summed E-state index contributed by atoms with van der Waals surface area (Å²) in [5, 5.41) is 2.95. The maximum atomic E-state index is 11.9. The van der Waals surface area contributed by atoms with E-state index in [1.165, 1.54) is 25.8 Å². The fraction of sp³-hybridized carbons (Fsp3) is 0.533. The van der Waals surface area contributed by atoms with Gasteiger partial charge in [-0.05, 0) is 57.1 Å². The van der Waals surface area contributed by atoms with E-state index in [4.69, 9.17) is 0 Å². The number of benzene rings is 1. The molecular formula is C15H21BrN2O. The van der Waals surface area contributed by atoms with E-state index in [0.717, 1.165) is 16.6 Å². The number of hydrogen-bond acceptors (Lipinski definition) is 2. The Balaban J connectivity index is 1.76. The molecule has 1 aromatic carbocycles. The van der Waals surface area contributed by atoms with Crippen LogP contribution in [0.15, 0.2) is 28.7 Å². The molecule has 1 unspecified atom stereocenters. The normalized spacial score (nSPS) is 20.2. The molecule has 2 rings (SSSR count). The van der Waals surface area contributed by atoms with E-state index in [1.54, 1.807) is 0 Å². The SMILES string of the molecule is CN1CCCCC1CCC(=O)Nc1ccc(Br)cc1. The van der Waals surface area contributed by atoms with Gasteiger partial charge in [-0.25, -0.2) is 0 Å². The van der Waals surface area contributed by atoms with Gasteiger partial charge in [-0.1, -0.05) is 22.4 Å². The van der Waals surface area contributed by atoms with Crippen molar-refractivity contribution in [1.29, 1.82) is 0 Å². The highest BCUT2D eigenvalue weighted by molar-refractivity contribution is 9.10. The van der Waals surface area contributed by atoms with Gasteiger partial charge >= 0.3 is 0 Å². The molecule has 1 saturated heterocycles. The average molecular weight is 325 g/mol. The lowest BCUT2D eigenvalue weighted by atomic mass is 9.98. The summed E-state index contributed by atoms with van der Waals surface area (Å²) in [6, 6.07) is 8.27. The Labute approximate surface area is 123 Å². The summed E-state index contributed by atoms with van der Waals surface area (Å²) in [6.07, 6.45) is 5.37. The van der Waals surface area contributed by atoms with Gasteiger partial charge in [0.05, 0.1) is 0 Å². The zero-order valence-corrected chi connectivity index (χ0v) is 12.9. The number of halogens is 1. The van der Waals surface area contributed by atoms with Crippen LogP contribution in [0.2, 0.25) is 0 Å². The van der Waals surface area contributed by atoms with Gasteiger partial charge in [-0.2, -0.15) is 0 Å². The van der Waals surface area contributed by atoms with Crippen molar-refractivity contribution in [3.05, 3.63) is 28.7 Å². The number of piperidine rings is 1. The molecule has 0 aromatic heterocycles. The van der Waals surface area contributed by atoms with Crippen LogP contribution >= 0.6 is 15.9 Å². The van der Waals surface area contributed by atoms with Crippen LogP contribution in [-0.2, 0) is 4.79 Å². The average Bonchev–Trinajstić information content (AvgIpc) is 2.40. The molecule has 1 atom stereocenters. The maximum absolute atomic E-state index is 11.9. The zero-order chi connectivity index (χ0) is 13.7. The van der Waals surface area contributed by atoms with Gasteiger partial charge in [-0.15, -0.1) is 0 Å². The summed E-state index contributed by atoms with van der Waals surface area (Å²) < 4.78 is 1.02. The first-order valence-electron chi connectivity index (χ1n) is 6.91. The van der Waals surface area contributed by atoms with Crippen LogP contribution in [0.25, 0.3) is 0 Å².